The van der Waals surface area contributed by atoms with E-state index >= 15 is 0 Å². The molecule has 0 aliphatic carbocycles. The van der Waals surface area contributed by atoms with Crippen LogP contribution in [-0.4, -0.2) is 27.1 Å². The van der Waals surface area contributed by atoms with Gasteiger partial charge in [0.25, 0.3) is 15.9 Å². The van der Waals surface area contributed by atoms with Gasteiger partial charge in [-0.15, -0.1) is 0 Å². The number of nitrogens with one attached hydrogen (secondary N) is 1. The summed E-state index contributed by atoms with van der Waals surface area (Å²) in [5, 5.41) is 3.69. The van der Waals surface area contributed by atoms with Gasteiger partial charge < -0.3 is 0 Å². The number of hydrazone groups is 1. The Morgan fingerprint density at radius 1 is 1.00 bits per heavy atom. The van der Waals surface area contributed by atoms with Crippen molar-refractivity contribution >= 4 is 27.8 Å². The highest BCUT2D eigenvalue weighted by atomic mass is 32.2. The molecule has 3 aromatic carbocycles. The molecule has 1 N–H and O–H groups in total. The number of halogens is 3. The van der Waals surface area contributed by atoms with E-state index in [1.165, 1.54) is 24.3 Å². The number of sulfonamides is 1. The summed E-state index contributed by atoms with van der Waals surface area (Å²) in [6.07, 6.45) is -3.45. The van der Waals surface area contributed by atoms with E-state index in [0.717, 1.165) is 28.2 Å². The van der Waals surface area contributed by atoms with Gasteiger partial charge in [-0.05, 0) is 55.3 Å². The minimum absolute atomic E-state index is 0.00948. The smallest absolute Gasteiger partial charge is 0.271 e. The van der Waals surface area contributed by atoms with Crippen LogP contribution in [0.3, 0.4) is 0 Å². The van der Waals surface area contributed by atoms with Crippen LogP contribution >= 0.6 is 0 Å². The van der Waals surface area contributed by atoms with Gasteiger partial charge in [0.2, 0.25) is 0 Å². The zero-order valence-corrected chi connectivity index (χ0v) is 19.2. The number of amides is 1. The van der Waals surface area contributed by atoms with E-state index in [4.69, 9.17) is 0 Å². The summed E-state index contributed by atoms with van der Waals surface area (Å²) in [5.41, 5.74) is 3.36. The number of hydrogen-bond donors (Lipinski definition) is 1. The first-order chi connectivity index (χ1) is 16.0. The van der Waals surface area contributed by atoms with Crippen LogP contribution in [0.5, 0.6) is 0 Å². The second-order valence-corrected chi connectivity index (χ2v) is 9.39. The molecule has 0 unspecified atom stereocenters. The minimum Gasteiger partial charge on any atom is -0.271 e. The molecule has 34 heavy (non-hydrogen) atoms. The van der Waals surface area contributed by atoms with Crippen LogP contribution in [-0.2, 0) is 21.0 Å². The van der Waals surface area contributed by atoms with E-state index in [1.54, 1.807) is 43.3 Å². The van der Waals surface area contributed by atoms with Crippen molar-refractivity contribution in [2.75, 3.05) is 10.8 Å². The fourth-order valence-electron chi connectivity index (χ4n) is 3.24. The monoisotopic (exact) mass is 489 g/mol. The highest BCUT2D eigenvalue weighted by Gasteiger charge is 2.30. The number of anilines is 1. The fraction of sp³-hybridized carbons (Fsp3) is 0.167. The Balaban J connectivity index is 1.84. The Bertz CT molecular complexity index is 1310. The number of carbonyl (C=O) groups is 1. The lowest BCUT2D eigenvalue weighted by molar-refractivity contribution is -0.137. The normalized spacial score (nSPS) is 12.0. The molecule has 0 spiro atoms. The molecule has 0 aliphatic rings. The number of carbonyl (C=O) groups excluding carboxylic acids is 1. The van der Waals surface area contributed by atoms with E-state index in [2.05, 4.69) is 10.5 Å². The van der Waals surface area contributed by atoms with Gasteiger partial charge in [-0.1, -0.05) is 48.0 Å². The summed E-state index contributed by atoms with van der Waals surface area (Å²) in [5.74, 6) is -0.761. The highest BCUT2D eigenvalue weighted by Crippen LogP contribution is 2.29. The van der Waals surface area contributed by atoms with Crippen molar-refractivity contribution in [1.82, 2.24) is 5.43 Å². The first-order valence-electron chi connectivity index (χ1n) is 10.1. The molecular formula is C24H22F3N3O3S. The first-order valence-corrected chi connectivity index (χ1v) is 11.6. The number of alkyl halides is 3. The van der Waals surface area contributed by atoms with Crippen molar-refractivity contribution in [1.29, 1.82) is 0 Å². The molecule has 178 valence electrons. The maximum absolute atomic E-state index is 13.3. The average Bonchev–Trinajstić information content (AvgIpc) is 2.78. The second kappa shape index (κ2) is 10.1. The third kappa shape index (κ3) is 6.02. The summed E-state index contributed by atoms with van der Waals surface area (Å²) < 4.78 is 66.2. The average molecular weight is 490 g/mol. The van der Waals surface area contributed by atoms with Gasteiger partial charge in [-0.3, -0.25) is 9.10 Å². The fourth-order valence-corrected chi connectivity index (χ4v) is 4.75. The molecule has 0 saturated carbocycles. The molecule has 0 fully saturated rings. The van der Waals surface area contributed by atoms with Crippen LogP contribution in [0.1, 0.15) is 22.3 Å². The van der Waals surface area contributed by atoms with Gasteiger partial charge in [0.15, 0.2) is 0 Å². The molecule has 6 nitrogen and oxygen atoms in total. The van der Waals surface area contributed by atoms with Crippen molar-refractivity contribution in [2.24, 2.45) is 5.10 Å². The Morgan fingerprint density at radius 3 is 2.35 bits per heavy atom. The lowest BCUT2D eigenvalue weighted by atomic mass is 10.1. The zero-order chi connectivity index (χ0) is 24.9. The van der Waals surface area contributed by atoms with Crippen molar-refractivity contribution in [2.45, 2.75) is 24.9 Å². The maximum atomic E-state index is 13.3. The molecule has 0 atom stereocenters. The molecule has 0 radical (unpaired) electrons. The molecule has 3 aromatic rings. The Hall–Kier alpha value is -3.66. The van der Waals surface area contributed by atoms with Gasteiger partial charge >= 0.3 is 6.18 Å². The molecule has 3 rings (SSSR count). The first kappa shape index (κ1) is 25.0. The summed E-state index contributed by atoms with van der Waals surface area (Å²) in [6.45, 7) is 3.02. The number of rotatable bonds is 7. The Labute approximate surface area is 195 Å². The van der Waals surface area contributed by atoms with Gasteiger partial charge in [0, 0.05) is 0 Å². The van der Waals surface area contributed by atoms with Gasteiger partial charge in [-0.25, -0.2) is 13.8 Å². The summed E-state index contributed by atoms with van der Waals surface area (Å²) in [7, 11) is -4.09. The second-order valence-electron chi connectivity index (χ2n) is 7.53. The number of nitrogens with zero attached hydrogens (tertiary/aromatic N) is 2. The van der Waals surface area contributed by atoms with E-state index in [-0.39, 0.29) is 10.5 Å². The molecule has 1 amide bonds. The standard InChI is InChI=1S/C24H22F3N3O3S/c1-17-11-12-22(18(2)13-17)30(34(32,33)21-9-4-3-5-10-21)16-23(31)29-28-15-19-7-6-8-20(14-19)24(25,26)27/h3-15H,16H2,1-2H3,(H,29,31)/b28-15-. The van der Waals surface area contributed by atoms with Crippen LogP contribution in [0.15, 0.2) is 82.8 Å². The SMILES string of the molecule is Cc1ccc(N(CC(=O)N/N=C\c2cccc(C(F)(F)F)c2)S(=O)(=O)c2ccccc2)c(C)c1. The van der Waals surface area contributed by atoms with E-state index < -0.39 is 34.2 Å². The highest BCUT2D eigenvalue weighted by molar-refractivity contribution is 7.92. The largest absolute Gasteiger partial charge is 0.416 e. The van der Waals surface area contributed by atoms with E-state index in [1.807, 2.05) is 6.92 Å². The van der Waals surface area contributed by atoms with Crippen LogP contribution < -0.4 is 9.73 Å². The molecule has 10 heteroatoms. The summed E-state index contributed by atoms with van der Waals surface area (Å²) >= 11 is 0. The Kier molecular flexibility index (Phi) is 7.41. The topological polar surface area (TPSA) is 78.8 Å². The lowest BCUT2D eigenvalue weighted by Crippen LogP contribution is -2.40. The number of benzene rings is 3. The molecule has 0 aliphatic heterocycles. The summed E-state index contributed by atoms with van der Waals surface area (Å²) in [6, 6.07) is 17.3. The number of aryl methyl sites for hydroxylation is 2. The van der Waals surface area contributed by atoms with Gasteiger partial charge in [0.05, 0.1) is 22.4 Å². The van der Waals surface area contributed by atoms with Crippen LogP contribution in [0.2, 0.25) is 0 Å². The molecule has 0 aromatic heterocycles. The van der Waals surface area contributed by atoms with Crippen molar-refractivity contribution in [3.05, 3.63) is 95.1 Å². The molecular weight excluding hydrogens is 467 g/mol. The molecule has 0 saturated heterocycles. The van der Waals surface area contributed by atoms with Crippen LogP contribution in [0.25, 0.3) is 0 Å². The van der Waals surface area contributed by atoms with Crippen LogP contribution in [0.4, 0.5) is 18.9 Å². The number of hydrogen-bond acceptors (Lipinski definition) is 4. The van der Waals surface area contributed by atoms with Crippen molar-refractivity contribution in [3.8, 4) is 0 Å². The maximum Gasteiger partial charge on any atom is 0.416 e. The van der Waals surface area contributed by atoms with E-state index in [0.29, 0.717) is 11.3 Å². The van der Waals surface area contributed by atoms with Gasteiger partial charge in [0.1, 0.15) is 6.54 Å². The minimum atomic E-state index is -4.51. The van der Waals surface area contributed by atoms with Crippen molar-refractivity contribution in [3.63, 3.8) is 0 Å². The van der Waals surface area contributed by atoms with Gasteiger partial charge in [-0.2, -0.15) is 18.3 Å². The quantitative estimate of drug-likeness (QED) is 0.387. The lowest BCUT2D eigenvalue weighted by Gasteiger charge is -2.25. The third-order valence-electron chi connectivity index (χ3n) is 4.86. The Morgan fingerprint density at radius 2 is 1.71 bits per heavy atom. The van der Waals surface area contributed by atoms with E-state index in [9.17, 15) is 26.4 Å². The van der Waals surface area contributed by atoms with Crippen LogP contribution in [0, 0.1) is 13.8 Å². The molecule has 0 bridgehead atoms. The predicted molar refractivity (Wildman–Crippen MR) is 124 cm³/mol. The van der Waals surface area contributed by atoms with Crippen molar-refractivity contribution < 1.29 is 26.4 Å². The third-order valence-corrected chi connectivity index (χ3v) is 6.63. The summed E-state index contributed by atoms with van der Waals surface area (Å²) in [4.78, 5) is 12.6. The molecule has 0 heterocycles. The zero-order valence-electron chi connectivity index (χ0n) is 18.4. The predicted octanol–water partition coefficient (Wildman–Crippen LogP) is 4.67.